The van der Waals surface area contributed by atoms with Crippen LogP contribution in [0.5, 0.6) is 23.0 Å². The van der Waals surface area contributed by atoms with Crippen molar-refractivity contribution in [3.8, 4) is 34.1 Å². The molecule has 0 saturated heterocycles. The molecule has 0 atom stereocenters. The van der Waals surface area contributed by atoms with E-state index in [1.54, 1.807) is 57.2 Å². The molecule has 202 valence electrons. The third kappa shape index (κ3) is 8.85. The van der Waals surface area contributed by atoms with E-state index in [-0.39, 0.29) is 43.3 Å². The summed E-state index contributed by atoms with van der Waals surface area (Å²) in [5.74, 6) is -0.112. The second-order valence-electron chi connectivity index (χ2n) is 8.22. The summed E-state index contributed by atoms with van der Waals surface area (Å²) >= 11 is 0. The van der Waals surface area contributed by atoms with Crippen molar-refractivity contribution in [3.63, 3.8) is 0 Å². The number of rotatable bonds is 14. The molecule has 0 aliphatic heterocycles. The van der Waals surface area contributed by atoms with Crippen LogP contribution in [0.2, 0.25) is 0 Å². The summed E-state index contributed by atoms with van der Waals surface area (Å²) in [5, 5.41) is 0. The smallest absolute Gasteiger partial charge is 0.338 e. The molecule has 2 rings (SSSR count). The maximum atomic E-state index is 12.0. The van der Waals surface area contributed by atoms with Crippen molar-refractivity contribution >= 4 is 17.9 Å². The highest BCUT2D eigenvalue weighted by molar-refractivity contribution is 5.89. The van der Waals surface area contributed by atoms with Crippen LogP contribution in [0.1, 0.15) is 20.8 Å². The molecule has 2 aromatic rings. The standard InChI is InChI=1S/C29H32O9/c1-18(2)27(30)36-14-12-34-22-9-10-23(25(17-22)35-13-15-37-28(31)19(3)4)21-8-11-24(26(16-21)33-7)38-29(32)20(5)6/h8-11,16-17H,1,3,5,12-15H2,2,4,6-7H3. The van der Waals surface area contributed by atoms with Crippen LogP contribution in [0.3, 0.4) is 0 Å². The first-order valence-electron chi connectivity index (χ1n) is 11.6. The molecule has 0 N–H and O–H groups in total. The summed E-state index contributed by atoms with van der Waals surface area (Å²) in [5.41, 5.74) is 2.21. The van der Waals surface area contributed by atoms with Crippen molar-refractivity contribution in [1.29, 1.82) is 0 Å². The van der Waals surface area contributed by atoms with Crippen LogP contribution in [0.4, 0.5) is 0 Å². The van der Waals surface area contributed by atoms with Gasteiger partial charge in [0.25, 0.3) is 0 Å². The van der Waals surface area contributed by atoms with E-state index in [2.05, 4.69) is 19.7 Å². The largest absolute Gasteiger partial charge is 0.493 e. The van der Waals surface area contributed by atoms with E-state index in [1.165, 1.54) is 7.11 Å². The third-order valence-electron chi connectivity index (χ3n) is 4.84. The van der Waals surface area contributed by atoms with Crippen LogP contribution in [-0.4, -0.2) is 51.4 Å². The van der Waals surface area contributed by atoms with E-state index in [0.717, 1.165) is 0 Å². The first-order chi connectivity index (χ1) is 18.0. The summed E-state index contributed by atoms with van der Waals surface area (Å²) < 4.78 is 32.5. The zero-order valence-corrected chi connectivity index (χ0v) is 22.1. The molecular weight excluding hydrogens is 492 g/mol. The highest BCUT2D eigenvalue weighted by atomic mass is 16.6. The van der Waals surface area contributed by atoms with Gasteiger partial charge in [-0.3, -0.25) is 0 Å². The maximum absolute atomic E-state index is 12.0. The molecule has 0 spiro atoms. The molecule has 0 aromatic heterocycles. The van der Waals surface area contributed by atoms with E-state index < -0.39 is 17.9 Å². The highest BCUT2D eigenvalue weighted by Gasteiger charge is 2.15. The zero-order valence-electron chi connectivity index (χ0n) is 22.1. The van der Waals surface area contributed by atoms with Gasteiger partial charge in [0.15, 0.2) is 11.5 Å². The van der Waals surface area contributed by atoms with E-state index in [0.29, 0.717) is 33.9 Å². The number of esters is 3. The maximum Gasteiger partial charge on any atom is 0.338 e. The van der Waals surface area contributed by atoms with Gasteiger partial charge in [0.2, 0.25) is 0 Å². The molecule has 9 heteroatoms. The van der Waals surface area contributed by atoms with Crippen LogP contribution < -0.4 is 18.9 Å². The van der Waals surface area contributed by atoms with Crippen molar-refractivity contribution < 1.29 is 42.8 Å². The van der Waals surface area contributed by atoms with Gasteiger partial charge in [0.05, 0.1) is 7.11 Å². The molecule has 0 bridgehead atoms. The molecule has 38 heavy (non-hydrogen) atoms. The van der Waals surface area contributed by atoms with Gasteiger partial charge in [-0.15, -0.1) is 0 Å². The predicted octanol–water partition coefficient (Wildman–Crippen LogP) is 4.84. The highest BCUT2D eigenvalue weighted by Crippen LogP contribution is 2.38. The van der Waals surface area contributed by atoms with Gasteiger partial charge < -0.3 is 28.4 Å². The topological polar surface area (TPSA) is 107 Å². The number of hydrogen-bond donors (Lipinski definition) is 0. The van der Waals surface area contributed by atoms with Crippen molar-refractivity contribution in [2.24, 2.45) is 0 Å². The Morgan fingerprint density at radius 1 is 0.658 bits per heavy atom. The van der Waals surface area contributed by atoms with Crippen molar-refractivity contribution in [3.05, 3.63) is 72.9 Å². The number of carbonyl (C=O) groups is 3. The second-order valence-corrected chi connectivity index (χ2v) is 8.22. The molecule has 2 aromatic carbocycles. The molecule has 0 unspecified atom stereocenters. The van der Waals surface area contributed by atoms with E-state index in [1.807, 2.05) is 0 Å². The van der Waals surface area contributed by atoms with Gasteiger partial charge in [0.1, 0.15) is 37.9 Å². The Kier molecular flexibility index (Phi) is 11.2. The molecule has 0 fully saturated rings. The lowest BCUT2D eigenvalue weighted by Gasteiger charge is -2.16. The number of methoxy groups -OCH3 is 1. The van der Waals surface area contributed by atoms with Crippen LogP contribution in [0.15, 0.2) is 72.9 Å². The number of benzene rings is 2. The van der Waals surface area contributed by atoms with Gasteiger partial charge in [-0.25, -0.2) is 14.4 Å². The third-order valence-corrected chi connectivity index (χ3v) is 4.84. The van der Waals surface area contributed by atoms with Crippen LogP contribution >= 0.6 is 0 Å². The number of carbonyl (C=O) groups excluding carboxylic acids is 3. The van der Waals surface area contributed by atoms with Crippen molar-refractivity contribution in [2.45, 2.75) is 20.8 Å². The summed E-state index contributed by atoms with van der Waals surface area (Å²) in [6.45, 7) is 15.6. The zero-order chi connectivity index (χ0) is 28.2. The summed E-state index contributed by atoms with van der Waals surface area (Å²) in [4.78, 5) is 35.2. The normalized spacial score (nSPS) is 10.1. The van der Waals surface area contributed by atoms with Gasteiger partial charge >= 0.3 is 17.9 Å². The molecule has 0 radical (unpaired) electrons. The lowest BCUT2D eigenvalue weighted by Crippen LogP contribution is -2.13. The van der Waals surface area contributed by atoms with Crippen LogP contribution in [-0.2, 0) is 23.9 Å². The minimum absolute atomic E-state index is 0.00614. The Balaban J connectivity index is 2.26. The van der Waals surface area contributed by atoms with Gasteiger partial charge in [0, 0.05) is 28.3 Å². The first kappa shape index (κ1) is 29.7. The Hall–Kier alpha value is -4.53. The number of ether oxygens (including phenoxy) is 6. The molecule has 0 aliphatic rings. The Labute approximate surface area is 222 Å². The fraction of sp³-hybridized carbons (Fsp3) is 0.276. The number of hydrogen-bond acceptors (Lipinski definition) is 9. The average molecular weight is 525 g/mol. The van der Waals surface area contributed by atoms with Gasteiger partial charge in [-0.2, -0.15) is 0 Å². The Morgan fingerprint density at radius 2 is 1.24 bits per heavy atom. The van der Waals surface area contributed by atoms with Gasteiger partial charge in [-0.1, -0.05) is 25.8 Å². The second kappa shape index (κ2) is 14.3. The van der Waals surface area contributed by atoms with E-state index in [9.17, 15) is 14.4 Å². The quantitative estimate of drug-likeness (QED) is 0.148. The summed E-state index contributed by atoms with van der Waals surface area (Å²) in [6.07, 6.45) is 0. The molecule has 0 amide bonds. The summed E-state index contributed by atoms with van der Waals surface area (Å²) in [7, 11) is 1.46. The van der Waals surface area contributed by atoms with Crippen molar-refractivity contribution in [1.82, 2.24) is 0 Å². The lowest BCUT2D eigenvalue weighted by atomic mass is 10.0. The lowest BCUT2D eigenvalue weighted by molar-refractivity contribution is -0.140. The molecule has 0 heterocycles. The fourth-order valence-electron chi connectivity index (χ4n) is 2.88. The van der Waals surface area contributed by atoms with Crippen molar-refractivity contribution in [2.75, 3.05) is 33.5 Å². The van der Waals surface area contributed by atoms with E-state index in [4.69, 9.17) is 28.4 Å². The molecule has 9 nitrogen and oxygen atoms in total. The monoisotopic (exact) mass is 524 g/mol. The van der Waals surface area contributed by atoms with Crippen LogP contribution in [0.25, 0.3) is 11.1 Å². The molecule has 0 saturated carbocycles. The average Bonchev–Trinajstić information content (AvgIpc) is 2.88. The summed E-state index contributed by atoms with van der Waals surface area (Å²) in [6, 6.07) is 10.2. The van der Waals surface area contributed by atoms with Crippen LogP contribution in [0, 0.1) is 0 Å². The predicted molar refractivity (Wildman–Crippen MR) is 141 cm³/mol. The molecular formula is C29H32O9. The van der Waals surface area contributed by atoms with E-state index >= 15 is 0 Å². The Bertz CT molecular complexity index is 1230. The Morgan fingerprint density at radius 3 is 1.79 bits per heavy atom. The molecule has 0 aliphatic carbocycles. The SMILES string of the molecule is C=C(C)C(=O)OCCOc1ccc(-c2ccc(OC(=O)C(=C)C)c(OC)c2)c(OCCOC(=O)C(=C)C)c1. The minimum atomic E-state index is -0.570. The first-order valence-corrected chi connectivity index (χ1v) is 11.6. The fourth-order valence-corrected chi connectivity index (χ4v) is 2.88. The minimum Gasteiger partial charge on any atom is -0.493 e. The van der Waals surface area contributed by atoms with Gasteiger partial charge in [-0.05, 0) is 50.6 Å².